The van der Waals surface area contributed by atoms with E-state index in [4.69, 9.17) is 15.6 Å². The number of nitrogens with one attached hydrogen (secondary N) is 1. The third-order valence-electron chi connectivity index (χ3n) is 3.33. The summed E-state index contributed by atoms with van der Waals surface area (Å²) in [5, 5.41) is 9.15. The van der Waals surface area contributed by atoms with Gasteiger partial charge in [-0.3, -0.25) is 0 Å². The SMILES string of the molecule is NCCCCCc1c[nH]c2c(OC(=O)C(=O)O)cc(F)cc12. The molecule has 0 saturated carbocycles. The van der Waals surface area contributed by atoms with Gasteiger partial charge in [0.1, 0.15) is 5.82 Å². The third-order valence-corrected chi connectivity index (χ3v) is 3.33. The Morgan fingerprint density at radius 2 is 2.05 bits per heavy atom. The Kier molecular flexibility index (Phi) is 5.11. The molecule has 0 fully saturated rings. The van der Waals surface area contributed by atoms with Gasteiger partial charge in [0.2, 0.25) is 0 Å². The first-order chi connectivity index (χ1) is 10.5. The number of aromatic amines is 1. The number of aryl methyl sites for hydroxylation is 1. The van der Waals surface area contributed by atoms with Crippen LogP contribution in [0.3, 0.4) is 0 Å². The standard InChI is InChI=1S/C15H17FN2O4/c16-10-6-11-9(4-2-1-3-5-17)8-18-13(11)12(7-10)22-15(21)14(19)20/h6-8,18H,1-5,17H2,(H,19,20). The lowest BCUT2D eigenvalue weighted by Gasteiger charge is -2.04. The van der Waals surface area contributed by atoms with Crippen LogP contribution in [0.25, 0.3) is 10.9 Å². The first-order valence-electron chi connectivity index (χ1n) is 6.97. The number of benzene rings is 1. The van der Waals surface area contributed by atoms with Crippen LogP contribution in [0.1, 0.15) is 24.8 Å². The first kappa shape index (κ1) is 16.0. The average Bonchev–Trinajstić information content (AvgIpc) is 2.86. The second-order valence-electron chi connectivity index (χ2n) is 4.93. The largest absolute Gasteiger partial charge is 0.473 e. The van der Waals surface area contributed by atoms with E-state index in [-0.39, 0.29) is 5.75 Å². The molecular weight excluding hydrogens is 291 g/mol. The van der Waals surface area contributed by atoms with E-state index in [1.54, 1.807) is 6.20 Å². The number of carbonyl (C=O) groups is 2. The molecule has 2 aromatic rings. The molecule has 22 heavy (non-hydrogen) atoms. The Hall–Kier alpha value is -2.41. The lowest BCUT2D eigenvalue weighted by atomic mass is 10.1. The van der Waals surface area contributed by atoms with Crippen molar-refractivity contribution in [1.82, 2.24) is 4.98 Å². The summed E-state index contributed by atoms with van der Waals surface area (Å²) in [7, 11) is 0. The minimum Gasteiger partial charge on any atom is -0.473 e. The Balaban J connectivity index is 2.26. The van der Waals surface area contributed by atoms with E-state index in [9.17, 15) is 14.0 Å². The summed E-state index contributed by atoms with van der Waals surface area (Å²) < 4.78 is 18.4. The molecule has 0 bridgehead atoms. The van der Waals surface area contributed by atoms with Crippen LogP contribution < -0.4 is 10.5 Å². The number of ether oxygens (including phenoxy) is 1. The average molecular weight is 308 g/mol. The van der Waals surface area contributed by atoms with Crippen molar-refractivity contribution >= 4 is 22.8 Å². The zero-order valence-electron chi connectivity index (χ0n) is 11.9. The van der Waals surface area contributed by atoms with Crippen LogP contribution in [-0.4, -0.2) is 28.6 Å². The van der Waals surface area contributed by atoms with Crippen molar-refractivity contribution in [2.24, 2.45) is 5.73 Å². The molecule has 0 spiro atoms. The fraction of sp³-hybridized carbons (Fsp3) is 0.333. The molecule has 4 N–H and O–H groups in total. The number of carbonyl (C=O) groups excluding carboxylic acids is 1. The number of hydrogen-bond acceptors (Lipinski definition) is 4. The molecule has 1 aromatic carbocycles. The van der Waals surface area contributed by atoms with Gasteiger partial charge in [-0.15, -0.1) is 0 Å². The molecule has 1 heterocycles. The second kappa shape index (κ2) is 7.04. The molecule has 0 saturated heterocycles. The number of H-pyrrole nitrogens is 1. The van der Waals surface area contributed by atoms with Gasteiger partial charge in [0.15, 0.2) is 5.75 Å². The van der Waals surface area contributed by atoms with E-state index in [0.29, 0.717) is 17.4 Å². The second-order valence-corrected chi connectivity index (χ2v) is 4.93. The normalized spacial score (nSPS) is 10.8. The number of fused-ring (bicyclic) bond motifs is 1. The number of hydrogen-bond donors (Lipinski definition) is 3. The molecule has 0 aliphatic heterocycles. The van der Waals surface area contributed by atoms with E-state index in [1.807, 2.05) is 0 Å². The summed E-state index contributed by atoms with van der Waals surface area (Å²) in [6.45, 7) is 0.637. The first-order valence-corrected chi connectivity index (χ1v) is 6.97. The van der Waals surface area contributed by atoms with Gasteiger partial charge in [-0.2, -0.15) is 0 Å². The van der Waals surface area contributed by atoms with Crippen molar-refractivity contribution in [3.63, 3.8) is 0 Å². The molecule has 0 aliphatic carbocycles. The van der Waals surface area contributed by atoms with E-state index >= 15 is 0 Å². The molecule has 0 aliphatic rings. The number of unbranched alkanes of at least 4 members (excludes halogenated alkanes) is 2. The quantitative estimate of drug-likeness (QED) is 0.327. The Morgan fingerprint density at radius 1 is 1.27 bits per heavy atom. The van der Waals surface area contributed by atoms with E-state index in [1.165, 1.54) is 6.07 Å². The van der Waals surface area contributed by atoms with Gasteiger partial charge in [-0.05, 0) is 37.4 Å². The van der Waals surface area contributed by atoms with Crippen LogP contribution in [0, 0.1) is 5.82 Å². The number of aromatic nitrogens is 1. The smallest absolute Gasteiger partial charge is 0.422 e. The topological polar surface area (TPSA) is 105 Å². The maximum atomic E-state index is 13.7. The molecule has 0 atom stereocenters. The summed E-state index contributed by atoms with van der Waals surface area (Å²) in [5.41, 5.74) is 6.73. The molecule has 118 valence electrons. The van der Waals surface area contributed by atoms with Gasteiger partial charge in [0, 0.05) is 17.6 Å². The number of carboxylic acid groups (broad SMARTS) is 1. The van der Waals surface area contributed by atoms with Gasteiger partial charge in [0.05, 0.1) is 5.52 Å². The molecule has 0 radical (unpaired) electrons. The van der Waals surface area contributed by atoms with E-state index in [0.717, 1.165) is 37.3 Å². The highest BCUT2D eigenvalue weighted by atomic mass is 19.1. The van der Waals surface area contributed by atoms with Gasteiger partial charge in [-0.1, -0.05) is 6.42 Å². The highest BCUT2D eigenvalue weighted by Crippen LogP contribution is 2.30. The molecule has 0 unspecified atom stereocenters. The van der Waals surface area contributed by atoms with Crippen LogP contribution in [0.2, 0.25) is 0 Å². The molecule has 7 heteroatoms. The lowest BCUT2D eigenvalue weighted by molar-refractivity contribution is -0.158. The summed E-state index contributed by atoms with van der Waals surface area (Å²) in [6, 6.07) is 2.32. The Bertz CT molecular complexity index is 696. The van der Waals surface area contributed by atoms with Crippen molar-refractivity contribution in [2.45, 2.75) is 25.7 Å². The Labute approximate surface area is 126 Å². The maximum absolute atomic E-state index is 13.7. The zero-order valence-corrected chi connectivity index (χ0v) is 11.9. The number of carboxylic acids is 1. The van der Waals surface area contributed by atoms with Crippen molar-refractivity contribution in [3.05, 3.63) is 29.7 Å². The van der Waals surface area contributed by atoms with Crippen molar-refractivity contribution in [3.8, 4) is 5.75 Å². The summed E-state index contributed by atoms with van der Waals surface area (Å²) in [4.78, 5) is 24.6. The number of halogens is 1. The summed E-state index contributed by atoms with van der Waals surface area (Å²) in [6.07, 6.45) is 5.25. The van der Waals surface area contributed by atoms with Gasteiger partial charge < -0.3 is 20.6 Å². The number of nitrogens with two attached hydrogens (primary N) is 1. The van der Waals surface area contributed by atoms with Crippen LogP contribution in [0.4, 0.5) is 4.39 Å². The number of aliphatic carboxylic acids is 1. The van der Waals surface area contributed by atoms with Crippen LogP contribution >= 0.6 is 0 Å². The molecule has 6 nitrogen and oxygen atoms in total. The molecule has 1 aromatic heterocycles. The van der Waals surface area contributed by atoms with E-state index in [2.05, 4.69) is 4.98 Å². The lowest BCUT2D eigenvalue weighted by Crippen LogP contribution is -2.19. The van der Waals surface area contributed by atoms with Gasteiger partial charge in [0.25, 0.3) is 0 Å². The molecule has 2 rings (SSSR count). The van der Waals surface area contributed by atoms with Crippen molar-refractivity contribution < 1.29 is 23.8 Å². The maximum Gasteiger partial charge on any atom is 0.422 e. The Morgan fingerprint density at radius 3 is 2.73 bits per heavy atom. The van der Waals surface area contributed by atoms with Crippen LogP contribution in [0.15, 0.2) is 18.3 Å². The third kappa shape index (κ3) is 3.62. The van der Waals surface area contributed by atoms with Crippen molar-refractivity contribution in [2.75, 3.05) is 6.54 Å². The highest BCUT2D eigenvalue weighted by Gasteiger charge is 2.18. The van der Waals surface area contributed by atoms with Crippen molar-refractivity contribution in [1.29, 1.82) is 0 Å². The summed E-state index contributed by atoms with van der Waals surface area (Å²) >= 11 is 0. The van der Waals surface area contributed by atoms with Gasteiger partial charge >= 0.3 is 11.9 Å². The molecule has 0 amide bonds. The highest BCUT2D eigenvalue weighted by molar-refractivity contribution is 6.29. The monoisotopic (exact) mass is 308 g/mol. The van der Waals surface area contributed by atoms with Crippen LogP contribution in [0.5, 0.6) is 5.75 Å². The van der Waals surface area contributed by atoms with Gasteiger partial charge in [-0.25, -0.2) is 14.0 Å². The minimum absolute atomic E-state index is 0.129. The predicted octanol–water partition coefficient (Wildman–Crippen LogP) is 1.97. The van der Waals surface area contributed by atoms with E-state index < -0.39 is 17.8 Å². The molecular formula is C15H17FN2O4. The fourth-order valence-corrected chi connectivity index (χ4v) is 2.29. The minimum atomic E-state index is -1.73. The summed E-state index contributed by atoms with van der Waals surface area (Å²) in [5.74, 6) is -3.91. The number of esters is 1. The number of rotatable bonds is 6. The predicted molar refractivity (Wildman–Crippen MR) is 78.1 cm³/mol. The zero-order chi connectivity index (χ0) is 16.1. The van der Waals surface area contributed by atoms with Crippen LogP contribution in [-0.2, 0) is 16.0 Å². The fourth-order valence-electron chi connectivity index (χ4n) is 2.29.